The summed E-state index contributed by atoms with van der Waals surface area (Å²) in [6.07, 6.45) is 5.34. The van der Waals surface area contributed by atoms with Crippen molar-refractivity contribution >= 4 is 5.91 Å². The summed E-state index contributed by atoms with van der Waals surface area (Å²) in [5, 5.41) is 5.96. The molecule has 3 aliphatic rings. The number of carbonyl (C=O) groups is 1. The molecule has 0 radical (unpaired) electrons. The predicted octanol–water partition coefficient (Wildman–Crippen LogP) is 3.16. The van der Waals surface area contributed by atoms with Crippen molar-refractivity contribution in [2.75, 3.05) is 6.79 Å². The van der Waals surface area contributed by atoms with Crippen LogP contribution in [0.25, 0.3) is 11.4 Å². The van der Waals surface area contributed by atoms with Crippen LogP contribution >= 0.6 is 0 Å². The Morgan fingerprint density at radius 3 is 2.79 bits per heavy atom. The first-order valence-corrected chi connectivity index (χ1v) is 11.0. The summed E-state index contributed by atoms with van der Waals surface area (Å²) in [5.74, 6) is 2.16. The average Bonchev–Trinajstić information content (AvgIpc) is 3.60. The van der Waals surface area contributed by atoms with Crippen molar-refractivity contribution in [2.45, 2.75) is 38.4 Å². The highest BCUT2D eigenvalue weighted by Crippen LogP contribution is 2.35. The normalized spacial score (nSPS) is 21.1. The zero-order chi connectivity index (χ0) is 22.4. The fraction of sp³-hybridized carbons (Fsp3) is 0.292. The van der Waals surface area contributed by atoms with E-state index in [0.717, 1.165) is 12.0 Å². The number of hydrogen-bond acceptors (Lipinski definition) is 8. The van der Waals surface area contributed by atoms with Crippen molar-refractivity contribution < 1.29 is 18.8 Å². The quantitative estimate of drug-likeness (QED) is 0.640. The van der Waals surface area contributed by atoms with Crippen molar-refractivity contribution in [2.24, 2.45) is 0 Å². The zero-order valence-electron chi connectivity index (χ0n) is 18.1. The van der Waals surface area contributed by atoms with Crippen LogP contribution in [0.5, 0.6) is 11.5 Å². The van der Waals surface area contributed by atoms with Crippen molar-refractivity contribution in [3.63, 3.8) is 0 Å². The van der Waals surface area contributed by atoms with Crippen molar-refractivity contribution in [3.05, 3.63) is 71.9 Å². The lowest BCUT2D eigenvalue weighted by Crippen LogP contribution is -2.47. The summed E-state index contributed by atoms with van der Waals surface area (Å²) in [7, 11) is 0. The van der Waals surface area contributed by atoms with E-state index in [4.69, 9.17) is 14.0 Å². The molecule has 33 heavy (non-hydrogen) atoms. The second kappa shape index (κ2) is 7.93. The number of ether oxygens (including phenoxy) is 2. The maximum absolute atomic E-state index is 13.2. The molecule has 0 spiro atoms. The molecule has 2 unspecified atom stereocenters. The maximum Gasteiger partial charge on any atom is 0.251 e. The number of fused-ring (bicyclic) bond motifs is 2. The highest BCUT2D eigenvalue weighted by Gasteiger charge is 2.40. The van der Waals surface area contributed by atoms with Gasteiger partial charge in [0, 0.05) is 18.0 Å². The van der Waals surface area contributed by atoms with Gasteiger partial charge in [-0.3, -0.25) is 4.79 Å². The van der Waals surface area contributed by atoms with Gasteiger partial charge in [-0.2, -0.15) is 4.98 Å². The number of aromatic nitrogens is 2. The second-order valence-corrected chi connectivity index (χ2v) is 8.28. The van der Waals surface area contributed by atoms with Gasteiger partial charge in [-0.15, -0.1) is 0 Å². The molecule has 6 rings (SSSR count). The Hall–Kier alpha value is -3.85. The number of nitrogens with zero attached hydrogens (tertiary/aromatic N) is 4. The summed E-state index contributed by atoms with van der Waals surface area (Å²) in [4.78, 5) is 19.3. The van der Waals surface area contributed by atoms with E-state index in [-0.39, 0.29) is 31.3 Å². The molecule has 2 aromatic carbocycles. The zero-order valence-corrected chi connectivity index (χ0v) is 18.1. The summed E-state index contributed by atoms with van der Waals surface area (Å²) >= 11 is 0. The monoisotopic (exact) mass is 445 g/mol. The third-order valence-electron chi connectivity index (χ3n) is 6.27. The first kappa shape index (κ1) is 19.8. The molecule has 9 heteroatoms. The molecule has 3 aromatic rings. The SMILES string of the molecule is CCc1ccc(C2CC3C(=O)N(Cc4nc(-c5ccc6c(c5)OCO6)no4)C=CN3N2)cc1. The Morgan fingerprint density at radius 1 is 1.09 bits per heavy atom. The molecule has 0 bridgehead atoms. The second-order valence-electron chi connectivity index (χ2n) is 8.28. The highest BCUT2D eigenvalue weighted by molar-refractivity contribution is 5.84. The number of aryl methyl sites for hydroxylation is 1. The van der Waals surface area contributed by atoms with Gasteiger partial charge >= 0.3 is 0 Å². The van der Waals surface area contributed by atoms with Crippen molar-refractivity contribution in [1.29, 1.82) is 0 Å². The van der Waals surface area contributed by atoms with E-state index in [0.29, 0.717) is 29.6 Å². The van der Waals surface area contributed by atoms with Crippen LogP contribution in [0, 0.1) is 0 Å². The lowest BCUT2D eigenvalue weighted by molar-refractivity contribution is -0.135. The Kier molecular flexibility index (Phi) is 4.76. The van der Waals surface area contributed by atoms with Gasteiger partial charge in [-0.1, -0.05) is 36.3 Å². The minimum atomic E-state index is -0.276. The minimum absolute atomic E-state index is 0.000470. The van der Waals surface area contributed by atoms with Crippen LogP contribution in [0.15, 0.2) is 59.4 Å². The molecule has 1 fully saturated rings. The van der Waals surface area contributed by atoms with Crippen LogP contribution in [-0.4, -0.2) is 38.8 Å². The smallest absolute Gasteiger partial charge is 0.251 e. The van der Waals surface area contributed by atoms with Gasteiger partial charge in [0.05, 0.1) is 6.04 Å². The molecule has 0 aliphatic carbocycles. The van der Waals surface area contributed by atoms with E-state index >= 15 is 0 Å². The molecule has 168 valence electrons. The van der Waals surface area contributed by atoms with E-state index < -0.39 is 0 Å². The molecule has 3 aliphatic heterocycles. The summed E-state index contributed by atoms with van der Waals surface area (Å²) < 4.78 is 16.2. The molecular formula is C24H23N5O4. The Balaban J connectivity index is 1.14. The number of carbonyl (C=O) groups excluding carboxylic acids is 1. The molecular weight excluding hydrogens is 422 g/mol. The van der Waals surface area contributed by atoms with Gasteiger partial charge in [0.25, 0.3) is 5.91 Å². The molecule has 0 saturated carbocycles. The van der Waals surface area contributed by atoms with Gasteiger partial charge in [0.2, 0.25) is 18.5 Å². The van der Waals surface area contributed by atoms with E-state index in [1.165, 1.54) is 11.1 Å². The standard InChI is InChI=1S/C24H23N5O4/c1-2-15-3-5-16(6-4-15)18-12-19-24(30)28(9-10-29(19)26-18)13-22-25-23(27-33-22)17-7-8-20-21(11-17)32-14-31-20/h3-11,18-19,26H,2,12-14H2,1H3. The van der Waals surface area contributed by atoms with E-state index in [1.807, 2.05) is 29.4 Å². The molecule has 9 nitrogen and oxygen atoms in total. The number of amides is 1. The number of nitrogens with one attached hydrogen (secondary N) is 1. The van der Waals surface area contributed by atoms with Gasteiger partial charge in [0.1, 0.15) is 12.6 Å². The fourth-order valence-electron chi connectivity index (χ4n) is 4.39. The summed E-state index contributed by atoms with van der Waals surface area (Å²) in [6.45, 7) is 2.56. The molecule has 2 atom stereocenters. The van der Waals surface area contributed by atoms with Gasteiger partial charge in [0.15, 0.2) is 11.5 Å². The average molecular weight is 445 g/mol. The molecule has 1 saturated heterocycles. The van der Waals surface area contributed by atoms with Crippen LogP contribution < -0.4 is 14.9 Å². The van der Waals surface area contributed by atoms with E-state index in [9.17, 15) is 4.79 Å². The van der Waals surface area contributed by atoms with E-state index in [1.54, 1.807) is 11.1 Å². The lowest BCUT2D eigenvalue weighted by Gasteiger charge is -2.30. The molecule has 1 N–H and O–H groups in total. The number of hydrazine groups is 1. The summed E-state index contributed by atoms with van der Waals surface area (Å²) in [5.41, 5.74) is 6.68. The fourth-order valence-corrected chi connectivity index (χ4v) is 4.39. The number of hydrogen-bond donors (Lipinski definition) is 1. The Labute approximate surface area is 190 Å². The highest BCUT2D eigenvalue weighted by atomic mass is 16.7. The van der Waals surface area contributed by atoms with Crippen LogP contribution in [0.3, 0.4) is 0 Å². The topological polar surface area (TPSA) is 93.0 Å². The Morgan fingerprint density at radius 2 is 1.94 bits per heavy atom. The largest absolute Gasteiger partial charge is 0.454 e. The number of rotatable bonds is 5. The Bertz CT molecular complexity index is 1220. The van der Waals surface area contributed by atoms with Gasteiger partial charge in [-0.25, -0.2) is 5.43 Å². The first-order chi connectivity index (χ1) is 16.2. The third-order valence-corrected chi connectivity index (χ3v) is 6.27. The van der Waals surface area contributed by atoms with Crippen LogP contribution in [0.1, 0.15) is 36.4 Å². The van der Waals surface area contributed by atoms with Crippen LogP contribution in [-0.2, 0) is 17.8 Å². The van der Waals surface area contributed by atoms with Gasteiger partial charge in [-0.05, 0) is 42.2 Å². The third kappa shape index (κ3) is 3.60. The number of benzene rings is 2. The van der Waals surface area contributed by atoms with Crippen molar-refractivity contribution in [1.82, 2.24) is 25.5 Å². The maximum atomic E-state index is 13.2. The lowest BCUT2D eigenvalue weighted by atomic mass is 9.99. The van der Waals surface area contributed by atoms with Gasteiger partial charge < -0.3 is 23.9 Å². The van der Waals surface area contributed by atoms with Crippen LogP contribution in [0.2, 0.25) is 0 Å². The van der Waals surface area contributed by atoms with Crippen LogP contribution in [0.4, 0.5) is 0 Å². The molecule has 1 amide bonds. The summed E-state index contributed by atoms with van der Waals surface area (Å²) in [6, 6.07) is 13.9. The first-order valence-electron chi connectivity index (χ1n) is 11.0. The molecule has 4 heterocycles. The van der Waals surface area contributed by atoms with Crippen molar-refractivity contribution in [3.8, 4) is 22.9 Å². The molecule has 1 aromatic heterocycles. The minimum Gasteiger partial charge on any atom is -0.454 e. The van der Waals surface area contributed by atoms with E-state index in [2.05, 4.69) is 46.8 Å². The predicted molar refractivity (Wildman–Crippen MR) is 117 cm³/mol.